The summed E-state index contributed by atoms with van der Waals surface area (Å²) in [6.07, 6.45) is 1.50. The zero-order chi connectivity index (χ0) is 19.2. The lowest BCUT2D eigenvalue weighted by atomic mass is 10.1. The first kappa shape index (κ1) is 18.6. The molecule has 0 spiro atoms. The highest BCUT2D eigenvalue weighted by Crippen LogP contribution is 2.18. The number of aromatic nitrogens is 3. The number of nitrogens with zero attached hydrogens (tertiary/aromatic N) is 4. The van der Waals surface area contributed by atoms with E-state index in [1.165, 1.54) is 34.8 Å². The molecule has 0 unspecified atom stereocenters. The van der Waals surface area contributed by atoms with E-state index in [1.54, 1.807) is 24.3 Å². The summed E-state index contributed by atoms with van der Waals surface area (Å²) in [5, 5.41) is 12.2. The Morgan fingerprint density at radius 2 is 1.93 bits per heavy atom. The fourth-order valence-electron chi connectivity index (χ4n) is 2.12. The summed E-state index contributed by atoms with van der Waals surface area (Å²) < 4.78 is 14.1. The molecule has 0 radical (unpaired) electrons. The highest BCUT2D eigenvalue weighted by molar-refractivity contribution is 7.99. The van der Waals surface area contributed by atoms with Crippen molar-refractivity contribution >= 4 is 29.7 Å². The lowest BCUT2D eigenvalue weighted by Gasteiger charge is -2.03. The molecule has 2 aromatic carbocycles. The van der Waals surface area contributed by atoms with Gasteiger partial charge in [-0.25, -0.2) is 14.5 Å². The van der Waals surface area contributed by atoms with Crippen molar-refractivity contribution in [3.8, 4) is 0 Å². The van der Waals surface area contributed by atoms with Crippen LogP contribution in [0.15, 0.2) is 58.8 Å². The summed E-state index contributed by atoms with van der Waals surface area (Å²) in [7, 11) is 0. The van der Waals surface area contributed by atoms with Gasteiger partial charge in [-0.3, -0.25) is 4.79 Å². The Morgan fingerprint density at radius 3 is 2.63 bits per heavy atom. The van der Waals surface area contributed by atoms with Gasteiger partial charge in [0.2, 0.25) is 5.16 Å². The number of carbonyl (C=O) groups is 1. The monoisotopic (exact) mass is 384 g/mol. The molecule has 0 saturated heterocycles. The second kappa shape index (κ2) is 8.45. The van der Waals surface area contributed by atoms with Gasteiger partial charge in [-0.1, -0.05) is 53.7 Å². The average molecular weight is 384 g/mol. The number of thioether (sulfide) groups is 1. The van der Waals surface area contributed by atoms with Crippen LogP contribution in [0.3, 0.4) is 0 Å². The van der Waals surface area contributed by atoms with Crippen molar-refractivity contribution in [3.63, 3.8) is 0 Å². The van der Waals surface area contributed by atoms with Crippen molar-refractivity contribution in [3.05, 3.63) is 71.0 Å². The molecule has 0 bridgehead atoms. The Hall–Kier alpha value is -3.20. The normalized spacial score (nSPS) is 11.0. The van der Waals surface area contributed by atoms with Crippen LogP contribution in [-0.4, -0.2) is 32.6 Å². The van der Waals surface area contributed by atoms with Crippen molar-refractivity contribution in [2.24, 2.45) is 5.10 Å². The molecule has 0 aliphatic rings. The zero-order valence-electron chi connectivity index (χ0n) is 14.5. The minimum atomic E-state index is -0.316. The number of halogens is 1. The van der Waals surface area contributed by atoms with Crippen LogP contribution in [-0.2, 0) is 0 Å². The van der Waals surface area contributed by atoms with E-state index in [4.69, 9.17) is 5.84 Å². The van der Waals surface area contributed by atoms with Crippen LogP contribution in [0.4, 0.5) is 10.3 Å². The number of anilines is 1. The van der Waals surface area contributed by atoms with E-state index in [-0.39, 0.29) is 23.3 Å². The smallest absolute Gasteiger partial charge is 0.264 e. The van der Waals surface area contributed by atoms with Crippen LogP contribution in [0.2, 0.25) is 0 Å². The maximum atomic E-state index is 12.9. The highest BCUT2D eigenvalue weighted by atomic mass is 32.2. The van der Waals surface area contributed by atoms with Crippen LogP contribution < -0.4 is 11.3 Å². The van der Waals surface area contributed by atoms with Gasteiger partial charge in [0, 0.05) is 5.56 Å². The van der Waals surface area contributed by atoms with Crippen molar-refractivity contribution in [2.75, 3.05) is 17.0 Å². The summed E-state index contributed by atoms with van der Waals surface area (Å²) in [5.41, 5.74) is 5.11. The van der Waals surface area contributed by atoms with E-state index in [0.717, 1.165) is 5.56 Å². The van der Waals surface area contributed by atoms with Gasteiger partial charge in [0.05, 0.1) is 12.0 Å². The number of hydrogen-bond donors (Lipinski definition) is 2. The first-order valence-corrected chi connectivity index (χ1v) is 8.99. The summed E-state index contributed by atoms with van der Waals surface area (Å²) in [4.78, 5) is 12.2. The Kier molecular flexibility index (Phi) is 5.82. The second-order valence-corrected chi connectivity index (χ2v) is 6.62. The SMILES string of the molecule is Cc1ccc(C(=O)CSc2nnc(N/N=C/c3ccc(F)cc3)n2N)cc1. The van der Waals surface area contributed by atoms with E-state index >= 15 is 0 Å². The predicted molar refractivity (Wildman–Crippen MR) is 104 cm³/mol. The third-order valence-electron chi connectivity index (χ3n) is 3.62. The van der Waals surface area contributed by atoms with Gasteiger partial charge in [0.25, 0.3) is 5.95 Å². The topological polar surface area (TPSA) is 98.2 Å². The van der Waals surface area contributed by atoms with Crippen LogP contribution >= 0.6 is 11.8 Å². The molecule has 7 nitrogen and oxygen atoms in total. The van der Waals surface area contributed by atoms with Crippen LogP contribution in [0, 0.1) is 12.7 Å². The number of nitrogens with two attached hydrogens (primary N) is 1. The third-order valence-corrected chi connectivity index (χ3v) is 4.56. The number of benzene rings is 2. The number of hydrogen-bond acceptors (Lipinski definition) is 7. The van der Waals surface area contributed by atoms with E-state index in [9.17, 15) is 9.18 Å². The maximum Gasteiger partial charge on any atom is 0.264 e. The van der Waals surface area contributed by atoms with Crippen molar-refractivity contribution in [1.82, 2.24) is 14.9 Å². The molecule has 3 rings (SSSR count). The molecule has 27 heavy (non-hydrogen) atoms. The second-order valence-electron chi connectivity index (χ2n) is 5.68. The molecule has 0 fully saturated rings. The van der Waals surface area contributed by atoms with Gasteiger partial charge in [0.15, 0.2) is 5.78 Å². The molecule has 1 aromatic heterocycles. The first-order chi connectivity index (χ1) is 13.0. The van der Waals surface area contributed by atoms with Crippen LogP contribution in [0.5, 0.6) is 0 Å². The number of Topliss-reactive ketones (excluding diaryl/α,β-unsaturated/α-hetero) is 1. The molecule has 0 aliphatic carbocycles. The number of carbonyl (C=O) groups excluding carboxylic acids is 1. The van der Waals surface area contributed by atoms with E-state index in [1.807, 2.05) is 19.1 Å². The molecule has 3 N–H and O–H groups in total. The molecule has 1 heterocycles. The van der Waals surface area contributed by atoms with Crippen LogP contribution in [0.1, 0.15) is 21.5 Å². The van der Waals surface area contributed by atoms with Crippen molar-refractivity contribution in [1.29, 1.82) is 0 Å². The molecular formula is C18H17FN6OS. The van der Waals surface area contributed by atoms with Gasteiger partial charge in [0.1, 0.15) is 5.82 Å². The standard InChI is InChI=1S/C18H17FN6OS/c1-12-2-6-14(7-3-12)16(26)11-27-18-24-23-17(25(18)20)22-21-10-13-4-8-15(19)9-5-13/h2-10H,11,20H2,1H3,(H,22,23)/b21-10+. The van der Waals surface area contributed by atoms with Gasteiger partial charge in [-0.2, -0.15) is 5.10 Å². The Bertz CT molecular complexity index is 953. The lowest BCUT2D eigenvalue weighted by Crippen LogP contribution is -2.14. The van der Waals surface area contributed by atoms with Gasteiger partial charge < -0.3 is 5.84 Å². The third kappa shape index (κ3) is 4.91. The average Bonchev–Trinajstić information content (AvgIpc) is 3.02. The fraction of sp³-hybridized carbons (Fsp3) is 0.111. The lowest BCUT2D eigenvalue weighted by molar-refractivity contribution is 0.102. The molecule has 0 saturated carbocycles. The Morgan fingerprint density at radius 1 is 1.22 bits per heavy atom. The van der Waals surface area contributed by atoms with Gasteiger partial charge in [-0.05, 0) is 24.6 Å². The van der Waals surface area contributed by atoms with Gasteiger partial charge >= 0.3 is 0 Å². The Labute approximate surface area is 159 Å². The Balaban J connectivity index is 1.57. The molecular weight excluding hydrogens is 367 g/mol. The molecule has 9 heteroatoms. The van der Waals surface area contributed by atoms with Crippen molar-refractivity contribution in [2.45, 2.75) is 12.1 Å². The summed E-state index contributed by atoms with van der Waals surface area (Å²) in [6.45, 7) is 1.97. The molecule has 0 aliphatic heterocycles. The molecule has 3 aromatic rings. The summed E-state index contributed by atoms with van der Waals surface area (Å²) in [6, 6.07) is 13.2. The summed E-state index contributed by atoms with van der Waals surface area (Å²) in [5.74, 6) is 6.00. The first-order valence-electron chi connectivity index (χ1n) is 8.01. The van der Waals surface area contributed by atoms with Crippen molar-refractivity contribution < 1.29 is 9.18 Å². The highest BCUT2D eigenvalue weighted by Gasteiger charge is 2.13. The van der Waals surface area contributed by atoms with Crippen LogP contribution in [0.25, 0.3) is 0 Å². The van der Waals surface area contributed by atoms with Gasteiger partial charge in [-0.15, -0.1) is 10.2 Å². The molecule has 0 amide bonds. The minimum absolute atomic E-state index is 0.0214. The number of aryl methyl sites for hydroxylation is 1. The minimum Gasteiger partial charge on any atom is -0.334 e. The van der Waals surface area contributed by atoms with E-state index in [2.05, 4.69) is 20.7 Å². The number of nitrogen functional groups attached to an aromatic ring is 1. The number of rotatable bonds is 7. The fourth-order valence-corrected chi connectivity index (χ4v) is 2.87. The quantitative estimate of drug-likeness (QED) is 0.214. The van der Waals surface area contributed by atoms with E-state index < -0.39 is 0 Å². The number of ketones is 1. The molecule has 138 valence electrons. The predicted octanol–water partition coefficient (Wildman–Crippen LogP) is 2.86. The van der Waals surface area contributed by atoms with E-state index in [0.29, 0.717) is 16.3 Å². The largest absolute Gasteiger partial charge is 0.334 e. The molecule has 0 atom stereocenters. The summed E-state index contributed by atoms with van der Waals surface area (Å²) >= 11 is 1.19. The number of hydrazone groups is 1. The zero-order valence-corrected chi connectivity index (χ0v) is 15.3. The maximum absolute atomic E-state index is 12.9. The number of nitrogens with one attached hydrogen (secondary N) is 1.